The van der Waals surface area contributed by atoms with Crippen LogP contribution in [-0.2, 0) is 4.79 Å². The monoisotopic (exact) mass is 239 g/mol. The largest absolute Gasteiger partial charge is 0.356 e. The van der Waals surface area contributed by atoms with Crippen LogP contribution in [-0.4, -0.2) is 24.0 Å². The van der Waals surface area contributed by atoms with Crippen molar-refractivity contribution in [3.05, 3.63) is 12.2 Å². The van der Waals surface area contributed by atoms with Crippen LogP contribution < -0.4 is 5.32 Å². The predicted octanol–water partition coefficient (Wildman–Crippen LogP) is 2.60. The van der Waals surface area contributed by atoms with Gasteiger partial charge in [0.25, 0.3) is 0 Å². The number of hydrogen-bond acceptors (Lipinski definition) is 2. The molecule has 0 aromatic rings. The van der Waals surface area contributed by atoms with E-state index < -0.39 is 0 Å². The van der Waals surface area contributed by atoms with Crippen LogP contribution in [0.3, 0.4) is 0 Å². The number of amides is 1. The van der Waals surface area contributed by atoms with Crippen LogP contribution in [0.15, 0.2) is 12.2 Å². The minimum atomic E-state index is 0.239. The zero-order chi connectivity index (χ0) is 11.2. The van der Waals surface area contributed by atoms with Crippen molar-refractivity contribution in [3.8, 4) is 0 Å². The van der Waals surface area contributed by atoms with Crippen molar-refractivity contribution < 1.29 is 4.79 Å². The zero-order valence-electron chi connectivity index (χ0n) is 9.78. The van der Waals surface area contributed by atoms with Gasteiger partial charge in [0, 0.05) is 12.5 Å². The van der Waals surface area contributed by atoms with Crippen LogP contribution in [0.1, 0.15) is 32.1 Å². The highest BCUT2D eigenvalue weighted by molar-refractivity contribution is 7.99. The Morgan fingerprint density at radius 2 is 2.31 bits per heavy atom. The van der Waals surface area contributed by atoms with Gasteiger partial charge in [-0.3, -0.25) is 4.79 Å². The molecule has 2 rings (SSSR count). The molecule has 2 nitrogen and oxygen atoms in total. The third kappa shape index (κ3) is 3.55. The minimum Gasteiger partial charge on any atom is -0.356 e. The van der Waals surface area contributed by atoms with Gasteiger partial charge in [-0.25, -0.2) is 0 Å². The second kappa shape index (κ2) is 6.33. The van der Waals surface area contributed by atoms with Crippen molar-refractivity contribution in [2.24, 2.45) is 11.8 Å². The standard InChI is InChI=1S/C13H21NOS/c15-13(12-4-2-1-3-5-12)14-8-6-11-7-9-16-10-11/h1-2,11-12H,3-10H2,(H,14,15). The first-order chi connectivity index (χ1) is 7.86. The third-order valence-electron chi connectivity index (χ3n) is 3.52. The lowest BCUT2D eigenvalue weighted by Crippen LogP contribution is -2.32. The van der Waals surface area contributed by atoms with Crippen LogP contribution in [0, 0.1) is 11.8 Å². The number of carbonyl (C=O) groups excluding carboxylic acids is 1. The van der Waals surface area contributed by atoms with Crippen LogP contribution in [0.2, 0.25) is 0 Å². The van der Waals surface area contributed by atoms with E-state index >= 15 is 0 Å². The number of allylic oxidation sites excluding steroid dienone is 2. The van der Waals surface area contributed by atoms with Crippen molar-refractivity contribution in [2.45, 2.75) is 32.1 Å². The average Bonchev–Trinajstić information content (AvgIpc) is 2.83. The fourth-order valence-electron chi connectivity index (χ4n) is 2.39. The molecule has 1 heterocycles. The third-order valence-corrected chi connectivity index (χ3v) is 4.75. The Bertz CT molecular complexity index is 259. The number of rotatable bonds is 4. The normalized spacial score (nSPS) is 29.2. The Morgan fingerprint density at radius 3 is 3.00 bits per heavy atom. The molecule has 1 amide bonds. The summed E-state index contributed by atoms with van der Waals surface area (Å²) in [6, 6.07) is 0. The van der Waals surface area contributed by atoms with E-state index in [1.807, 2.05) is 11.8 Å². The summed E-state index contributed by atoms with van der Waals surface area (Å²) >= 11 is 2.05. The average molecular weight is 239 g/mol. The molecule has 2 atom stereocenters. The Kier molecular flexibility index (Phi) is 4.76. The van der Waals surface area contributed by atoms with Crippen LogP contribution in [0.5, 0.6) is 0 Å². The van der Waals surface area contributed by atoms with Crippen molar-refractivity contribution in [1.82, 2.24) is 5.32 Å². The number of carbonyl (C=O) groups is 1. The first-order valence-corrected chi connectivity index (χ1v) is 7.52. The van der Waals surface area contributed by atoms with E-state index in [1.165, 1.54) is 24.3 Å². The second-order valence-corrected chi connectivity index (χ2v) is 5.94. The zero-order valence-corrected chi connectivity index (χ0v) is 10.6. The minimum absolute atomic E-state index is 0.239. The first-order valence-electron chi connectivity index (χ1n) is 6.36. The maximum absolute atomic E-state index is 11.8. The van der Waals surface area contributed by atoms with Gasteiger partial charge in [-0.15, -0.1) is 0 Å². The van der Waals surface area contributed by atoms with Gasteiger partial charge in [0.1, 0.15) is 0 Å². The summed E-state index contributed by atoms with van der Waals surface area (Å²) in [4.78, 5) is 11.8. The van der Waals surface area contributed by atoms with E-state index in [0.29, 0.717) is 0 Å². The second-order valence-electron chi connectivity index (χ2n) is 4.79. The van der Waals surface area contributed by atoms with Crippen molar-refractivity contribution in [3.63, 3.8) is 0 Å². The van der Waals surface area contributed by atoms with Gasteiger partial charge < -0.3 is 5.32 Å². The molecule has 3 heteroatoms. The Morgan fingerprint density at radius 1 is 1.38 bits per heavy atom. The molecule has 0 radical (unpaired) electrons. The van der Waals surface area contributed by atoms with Crippen molar-refractivity contribution in [2.75, 3.05) is 18.1 Å². The predicted molar refractivity (Wildman–Crippen MR) is 69.5 cm³/mol. The van der Waals surface area contributed by atoms with Gasteiger partial charge in [0.2, 0.25) is 5.91 Å². The maximum Gasteiger partial charge on any atom is 0.223 e. The fourth-order valence-corrected chi connectivity index (χ4v) is 3.72. The SMILES string of the molecule is O=C(NCCC1CCSC1)C1CC=CCC1. The molecule has 0 aromatic carbocycles. The summed E-state index contributed by atoms with van der Waals surface area (Å²) in [5, 5.41) is 3.10. The highest BCUT2D eigenvalue weighted by Gasteiger charge is 2.19. The highest BCUT2D eigenvalue weighted by Crippen LogP contribution is 2.25. The molecule has 0 spiro atoms. The molecule has 1 N–H and O–H groups in total. The maximum atomic E-state index is 11.8. The molecule has 1 fully saturated rings. The van der Waals surface area contributed by atoms with Crippen LogP contribution >= 0.6 is 11.8 Å². The van der Waals surface area contributed by atoms with Gasteiger partial charge >= 0.3 is 0 Å². The quantitative estimate of drug-likeness (QED) is 0.764. The molecule has 0 bridgehead atoms. The molecule has 1 aliphatic heterocycles. The Labute approximate surface area is 102 Å². The molecule has 1 aliphatic carbocycles. The molecular weight excluding hydrogens is 218 g/mol. The molecule has 0 saturated carbocycles. The molecule has 1 saturated heterocycles. The summed E-state index contributed by atoms with van der Waals surface area (Å²) in [6.07, 6.45) is 9.86. The highest BCUT2D eigenvalue weighted by atomic mass is 32.2. The molecular formula is C13H21NOS. The lowest BCUT2D eigenvalue weighted by Gasteiger charge is -2.17. The number of nitrogens with one attached hydrogen (secondary N) is 1. The molecule has 2 unspecified atom stereocenters. The summed E-state index contributed by atoms with van der Waals surface area (Å²) in [6.45, 7) is 0.879. The van der Waals surface area contributed by atoms with Gasteiger partial charge in [-0.1, -0.05) is 12.2 Å². The van der Waals surface area contributed by atoms with Gasteiger partial charge in [-0.2, -0.15) is 11.8 Å². The number of hydrogen-bond donors (Lipinski definition) is 1. The van der Waals surface area contributed by atoms with Crippen LogP contribution in [0.25, 0.3) is 0 Å². The molecule has 16 heavy (non-hydrogen) atoms. The smallest absolute Gasteiger partial charge is 0.223 e. The van der Waals surface area contributed by atoms with Gasteiger partial charge in [0.15, 0.2) is 0 Å². The van der Waals surface area contributed by atoms with E-state index in [4.69, 9.17) is 0 Å². The van der Waals surface area contributed by atoms with E-state index in [-0.39, 0.29) is 11.8 Å². The molecule has 2 aliphatic rings. The van der Waals surface area contributed by atoms with E-state index in [0.717, 1.165) is 31.7 Å². The topological polar surface area (TPSA) is 29.1 Å². The summed E-state index contributed by atoms with van der Waals surface area (Å²) in [5.41, 5.74) is 0. The van der Waals surface area contributed by atoms with E-state index in [1.54, 1.807) is 0 Å². The first kappa shape index (κ1) is 12.0. The summed E-state index contributed by atoms with van der Waals surface area (Å²) in [7, 11) is 0. The lowest BCUT2D eigenvalue weighted by molar-refractivity contribution is -0.125. The summed E-state index contributed by atoms with van der Waals surface area (Å²) in [5.74, 6) is 3.96. The van der Waals surface area contributed by atoms with Crippen LogP contribution in [0.4, 0.5) is 0 Å². The lowest BCUT2D eigenvalue weighted by atomic mass is 9.93. The number of thioether (sulfide) groups is 1. The van der Waals surface area contributed by atoms with E-state index in [9.17, 15) is 4.79 Å². The van der Waals surface area contributed by atoms with Crippen molar-refractivity contribution >= 4 is 17.7 Å². The van der Waals surface area contributed by atoms with Crippen molar-refractivity contribution in [1.29, 1.82) is 0 Å². The van der Waals surface area contributed by atoms with Gasteiger partial charge in [0.05, 0.1) is 0 Å². The van der Waals surface area contributed by atoms with Gasteiger partial charge in [-0.05, 0) is 49.5 Å². The molecule has 0 aromatic heterocycles. The fraction of sp³-hybridized carbons (Fsp3) is 0.769. The molecule has 90 valence electrons. The van der Waals surface area contributed by atoms with E-state index in [2.05, 4.69) is 17.5 Å². The summed E-state index contributed by atoms with van der Waals surface area (Å²) < 4.78 is 0. The Balaban J connectivity index is 1.61. The Hall–Kier alpha value is -0.440.